The summed E-state index contributed by atoms with van der Waals surface area (Å²) < 4.78 is 14.0. The number of aryl methyl sites for hydroxylation is 1. The Morgan fingerprint density at radius 3 is 2.32 bits per heavy atom. The molecule has 3 nitrogen and oxygen atoms in total. The molecular formula is C36H51FKN3. The quantitative estimate of drug-likeness (QED) is 0.312. The first-order chi connectivity index (χ1) is 19.5. The van der Waals surface area contributed by atoms with Crippen LogP contribution >= 0.6 is 0 Å². The van der Waals surface area contributed by atoms with Gasteiger partial charge in [-0.1, -0.05) is 76.1 Å². The predicted molar refractivity (Wildman–Crippen MR) is 168 cm³/mol. The third kappa shape index (κ3) is 7.33. The number of alkyl halides is 1. The van der Waals surface area contributed by atoms with Gasteiger partial charge in [0, 0.05) is 12.1 Å². The van der Waals surface area contributed by atoms with Crippen LogP contribution < -0.4 is 61.6 Å². The van der Waals surface area contributed by atoms with E-state index >= 15 is 0 Å². The molecule has 0 saturated heterocycles. The van der Waals surface area contributed by atoms with Gasteiger partial charge in [-0.3, -0.25) is 9.38 Å². The number of amidine groups is 1. The number of fused-ring (bicyclic) bond motifs is 3. The summed E-state index contributed by atoms with van der Waals surface area (Å²) in [6.45, 7) is 12.5. The van der Waals surface area contributed by atoms with Gasteiger partial charge < -0.3 is 10.2 Å². The number of aliphatic imine (C=N–C) groups is 1. The fraction of sp³-hybridized carbons (Fsp3) is 0.611. The molecular weight excluding hydrogens is 533 g/mol. The average molecular weight is 584 g/mol. The van der Waals surface area contributed by atoms with E-state index in [0.717, 1.165) is 31.8 Å². The van der Waals surface area contributed by atoms with Gasteiger partial charge in [0.2, 0.25) is 0 Å². The number of benzene rings is 2. The number of hydrogen-bond acceptors (Lipinski definition) is 3. The molecule has 2 aromatic rings. The summed E-state index contributed by atoms with van der Waals surface area (Å²) in [6, 6.07) is 19.3. The maximum atomic E-state index is 14.0. The molecule has 4 unspecified atom stereocenters. The van der Waals surface area contributed by atoms with E-state index < -0.39 is 6.17 Å². The minimum atomic E-state index is -0.621. The SMILES string of the molecule is CC.CCCC1=NCC(C23CCC(CC2)C3)N1.CCN(c1cccc(-c2cccc(C)c2)c1)[C-]1CC(F)C2CC12.[K+]. The third-order valence-electron chi connectivity index (χ3n) is 10.1. The second-order valence-corrected chi connectivity index (χ2v) is 12.6. The number of nitrogens with one attached hydrogen (secondary N) is 1. The van der Waals surface area contributed by atoms with Crippen molar-refractivity contribution >= 4 is 11.5 Å². The molecule has 4 saturated carbocycles. The topological polar surface area (TPSA) is 27.6 Å². The first-order valence-electron chi connectivity index (χ1n) is 16.2. The van der Waals surface area contributed by atoms with Crippen molar-refractivity contribution in [2.75, 3.05) is 18.0 Å². The Balaban J connectivity index is 0.000000187. The van der Waals surface area contributed by atoms with Gasteiger partial charge in [-0.05, 0) is 92.5 Å². The molecule has 1 heterocycles. The van der Waals surface area contributed by atoms with Crippen LogP contribution in [-0.2, 0) is 0 Å². The predicted octanol–water partition coefficient (Wildman–Crippen LogP) is 6.17. The normalized spacial score (nSPS) is 30.6. The molecule has 1 N–H and O–H groups in total. The molecule has 41 heavy (non-hydrogen) atoms. The van der Waals surface area contributed by atoms with Crippen LogP contribution in [0.4, 0.5) is 10.1 Å². The summed E-state index contributed by atoms with van der Waals surface area (Å²) in [7, 11) is 0. The Hall–Kier alpha value is -0.724. The maximum Gasteiger partial charge on any atom is 1.00 e. The zero-order valence-electron chi connectivity index (χ0n) is 26.6. The molecule has 2 aromatic carbocycles. The van der Waals surface area contributed by atoms with E-state index in [2.05, 4.69) is 84.5 Å². The summed E-state index contributed by atoms with van der Waals surface area (Å²) >= 11 is 0. The zero-order valence-corrected chi connectivity index (χ0v) is 29.7. The van der Waals surface area contributed by atoms with Crippen molar-refractivity contribution in [3.05, 3.63) is 60.1 Å². The molecule has 5 heteroatoms. The number of hydrogen-bond donors (Lipinski definition) is 1. The molecule has 0 aromatic heterocycles. The van der Waals surface area contributed by atoms with Crippen molar-refractivity contribution in [2.45, 2.75) is 105 Å². The Morgan fingerprint density at radius 2 is 1.76 bits per heavy atom. The summed E-state index contributed by atoms with van der Waals surface area (Å²) in [6.07, 6.45) is 10.8. The van der Waals surface area contributed by atoms with Gasteiger partial charge in [-0.25, -0.2) is 6.04 Å². The standard InChI is InChI=1S/C21H23FN.C13H22N2.C2H6.K/c1-3-23(21-13-20(22)18-12-19(18)21)17-9-5-8-16(11-17)15-7-4-6-14(2)10-15;1-2-3-12-14-9-11(15-12)13-6-4-10(8-13)5-7-13;1-2;/h4-11,18-20H,3,12-13H2,1-2H3;10-11H,2-9H2,1H3,(H,14,15);1-2H3;/q-1;;;+1. The Labute approximate surface area is 292 Å². The van der Waals surface area contributed by atoms with Gasteiger partial charge in [0.05, 0.1) is 24.6 Å². The fourth-order valence-electron chi connectivity index (χ4n) is 7.99. The van der Waals surface area contributed by atoms with E-state index in [1.165, 1.54) is 72.8 Å². The molecule has 0 amide bonds. The molecule has 5 aliphatic rings. The van der Waals surface area contributed by atoms with Crippen LogP contribution in [0.3, 0.4) is 0 Å². The van der Waals surface area contributed by atoms with Crippen molar-refractivity contribution in [2.24, 2.45) is 28.2 Å². The minimum absolute atomic E-state index is 0. The second kappa shape index (κ2) is 14.8. The molecule has 0 radical (unpaired) electrons. The van der Waals surface area contributed by atoms with Gasteiger partial charge in [0.15, 0.2) is 0 Å². The third-order valence-corrected chi connectivity index (χ3v) is 10.1. The van der Waals surface area contributed by atoms with Crippen molar-refractivity contribution in [1.82, 2.24) is 5.32 Å². The minimum Gasteiger partial charge on any atom is -0.519 e. The van der Waals surface area contributed by atoms with Crippen LogP contribution in [0.2, 0.25) is 0 Å². The van der Waals surface area contributed by atoms with E-state index in [-0.39, 0.29) is 51.4 Å². The summed E-state index contributed by atoms with van der Waals surface area (Å²) in [5.74, 6) is 3.14. The van der Waals surface area contributed by atoms with E-state index in [9.17, 15) is 4.39 Å². The van der Waals surface area contributed by atoms with E-state index in [1.807, 2.05) is 13.8 Å². The summed E-state index contributed by atoms with van der Waals surface area (Å²) in [5, 5.41) is 3.70. The Morgan fingerprint density at radius 1 is 1.05 bits per heavy atom. The van der Waals surface area contributed by atoms with Gasteiger partial charge in [0.1, 0.15) is 0 Å². The van der Waals surface area contributed by atoms with Gasteiger partial charge in [-0.2, -0.15) is 0 Å². The van der Waals surface area contributed by atoms with Crippen LogP contribution in [-0.4, -0.2) is 31.1 Å². The van der Waals surface area contributed by atoms with E-state index in [1.54, 1.807) is 0 Å². The van der Waals surface area contributed by atoms with Crippen LogP contribution in [0, 0.1) is 36.1 Å². The molecule has 4 aliphatic carbocycles. The Bertz CT molecular complexity index is 1160. The molecule has 218 valence electrons. The molecule has 0 spiro atoms. The van der Waals surface area contributed by atoms with Gasteiger partial charge in [-0.15, -0.1) is 12.3 Å². The van der Waals surface area contributed by atoms with Crippen LogP contribution in [0.25, 0.3) is 11.1 Å². The second-order valence-electron chi connectivity index (χ2n) is 12.6. The maximum absolute atomic E-state index is 14.0. The summed E-state index contributed by atoms with van der Waals surface area (Å²) in [4.78, 5) is 7.01. The van der Waals surface area contributed by atoms with Crippen LogP contribution in [0.5, 0.6) is 0 Å². The zero-order chi connectivity index (χ0) is 28.3. The van der Waals surface area contributed by atoms with Crippen LogP contribution in [0.1, 0.15) is 91.0 Å². The number of nitrogens with zero attached hydrogens (tertiary/aromatic N) is 2. The van der Waals surface area contributed by atoms with Crippen molar-refractivity contribution in [3.8, 4) is 11.1 Å². The molecule has 7 rings (SSSR count). The fourth-order valence-corrected chi connectivity index (χ4v) is 7.99. The smallest absolute Gasteiger partial charge is 0.519 e. The van der Waals surface area contributed by atoms with Gasteiger partial charge in [0.25, 0.3) is 0 Å². The van der Waals surface area contributed by atoms with Crippen molar-refractivity contribution in [1.29, 1.82) is 0 Å². The van der Waals surface area contributed by atoms with Gasteiger partial charge >= 0.3 is 51.4 Å². The number of rotatable bonds is 7. The summed E-state index contributed by atoms with van der Waals surface area (Å²) in [5.41, 5.74) is 5.58. The number of anilines is 1. The van der Waals surface area contributed by atoms with Crippen LogP contribution in [0.15, 0.2) is 53.5 Å². The Kier molecular flexibility index (Phi) is 12.0. The largest absolute Gasteiger partial charge is 1.00 e. The van der Waals surface area contributed by atoms with Crippen molar-refractivity contribution in [3.63, 3.8) is 0 Å². The monoisotopic (exact) mass is 583 g/mol. The van der Waals surface area contributed by atoms with E-state index in [4.69, 9.17) is 0 Å². The number of halogens is 1. The van der Waals surface area contributed by atoms with Crippen molar-refractivity contribution < 1.29 is 55.8 Å². The molecule has 4 fully saturated rings. The molecule has 1 aliphatic heterocycles. The first kappa shape index (κ1) is 33.2. The van der Waals surface area contributed by atoms with E-state index in [0.29, 0.717) is 29.7 Å². The first-order valence-corrected chi connectivity index (χ1v) is 16.2. The molecule has 4 atom stereocenters. The average Bonchev–Trinajstić information content (AvgIpc) is 3.30. The molecule has 2 bridgehead atoms.